The molecule has 150 valence electrons. The van der Waals surface area contributed by atoms with E-state index in [0.717, 1.165) is 18.2 Å². The highest BCUT2D eigenvalue weighted by Gasteiger charge is 2.15. The Balaban J connectivity index is 1.68. The van der Waals surface area contributed by atoms with E-state index in [9.17, 15) is 31.5 Å². The largest absolute Gasteiger partial charge is 0.492 e. The fraction of sp³-hybridized carbons (Fsp3) is 0.176. The van der Waals surface area contributed by atoms with E-state index in [0.29, 0.717) is 6.07 Å². The number of amides is 3. The average Bonchev–Trinajstić information content (AvgIpc) is 2.67. The molecule has 0 aliphatic rings. The number of rotatable bonds is 7. The molecule has 0 radical (unpaired) electrons. The number of halogens is 5. The third kappa shape index (κ3) is 5.83. The van der Waals surface area contributed by atoms with Gasteiger partial charge in [-0.25, -0.2) is 26.7 Å². The van der Waals surface area contributed by atoms with Gasteiger partial charge in [0.05, 0.1) is 18.8 Å². The van der Waals surface area contributed by atoms with Crippen LogP contribution in [0.2, 0.25) is 0 Å². The van der Waals surface area contributed by atoms with Crippen molar-refractivity contribution in [2.75, 3.05) is 25.0 Å². The predicted molar refractivity (Wildman–Crippen MR) is 88.2 cm³/mol. The smallest absolute Gasteiger partial charge is 0.315 e. The Hall–Kier alpha value is -3.37. The Labute approximate surface area is 155 Å². The number of anilines is 1. The summed E-state index contributed by atoms with van der Waals surface area (Å²) in [6.07, 6.45) is 0. The molecule has 0 aliphatic heterocycles. The quantitative estimate of drug-likeness (QED) is 0.378. The number of hydrogen-bond donors (Lipinski definition) is 3. The molecule has 2 aromatic rings. The average molecular weight is 403 g/mol. The molecule has 2 aromatic carbocycles. The zero-order valence-corrected chi connectivity index (χ0v) is 14.1. The lowest BCUT2D eigenvalue weighted by Gasteiger charge is -2.10. The highest BCUT2D eigenvalue weighted by atomic mass is 19.2. The van der Waals surface area contributed by atoms with Gasteiger partial charge in [0, 0.05) is 6.07 Å². The molecular formula is C17H14F5N3O3. The van der Waals surface area contributed by atoms with Crippen molar-refractivity contribution in [3.63, 3.8) is 0 Å². The van der Waals surface area contributed by atoms with Crippen LogP contribution in [0.25, 0.3) is 0 Å². The van der Waals surface area contributed by atoms with Gasteiger partial charge in [-0.1, -0.05) is 0 Å². The van der Waals surface area contributed by atoms with E-state index in [1.807, 2.05) is 5.32 Å². The number of benzene rings is 2. The van der Waals surface area contributed by atoms with Gasteiger partial charge in [-0.3, -0.25) is 4.79 Å². The first kappa shape index (κ1) is 20.9. The van der Waals surface area contributed by atoms with Crippen molar-refractivity contribution in [2.45, 2.75) is 0 Å². The number of nitrogens with one attached hydrogen (secondary N) is 3. The van der Waals surface area contributed by atoms with Crippen molar-refractivity contribution in [3.8, 4) is 5.75 Å². The first-order valence-corrected chi connectivity index (χ1v) is 7.81. The molecule has 11 heteroatoms. The minimum absolute atomic E-state index is 0.0236. The molecule has 3 amide bonds. The summed E-state index contributed by atoms with van der Waals surface area (Å²) in [4.78, 5) is 23.1. The molecular weight excluding hydrogens is 389 g/mol. The Morgan fingerprint density at radius 3 is 2.29 bits per heavy atom. The predicted octanol–water partition coefficient (Wildman–Crippen LogP) is 2.70. The molecule has 0 saturated heterocycles. The van der Waals surface area contributed by atoms with Crippen molar-refractivity contribution in [1.82, 2.24) is 10.6 Å². The van der Waals surface area contributed by atoms with Crippen molar-refractivity contribution in [2.24, 2.45) is 0 Å². The molecule has 0 spiro atoms. The molecule has 2 rings (SSSR count). The van der Waals surface area contributed by atoms with Crippen LogP contribution in [0.15, 0.2) is 30.3 Å². The third-order valence-electron chi connectivity index (χ3n) is 3.27. The van der Waals surface area contributed by atoms with Crippen LogP contribution in [0.4, 0.5) is 32.4 Å². The maximum Gasteiger partial charge on any atom is 0.315 e. The second-order valence-corrected chi connectivity index (χ2v) is 5.30. The van der Waals surface area contributed by atoms with Crippen LogP contribution in [0, 0.1) is 29.1 Å². The van der Waals surface area contributed by atoms with E-state index in [1.165, 1.54) is 6.07 Å². The van der Waals surface area contributed by atoms with E-state index in [2.05, 4.69) is 10.6 Å². The summed E-state index contributed by atoms with van der Waals surface area (Å²) in [6.45, 7) is -0.663. The molecule has 0 aromatic heterocycles. The molecule has 0 fully saturated rings. The second-order valence-electron chi connectivity index (χ2n) is 5.30. The SMILES string of the molecule is O=C(CNC(=O)NCCOc1ccc(F)c(F)c1)Nc1ccc(F)c(F)c1F. The Kier molecular flexibility index (Phi) is 7.13. The van der Waals surface area contributed by atoms with E-state index < -0.39 is 53.3 Å². The first-order chi connectivity index (χ1) is 13.3. The molecule has 6 nitrogen and oxygen atoms in total. The summed E-state index contributed by atoms with van der Waals surface area (Å²) in [5.74, 6) is -7.61. The van der Waals surface area contributed by atoms with E-state index >= 15 is 0 Å². The molecule has 3 N–H and O–H groups in total. The summed E-state index contributed by atoms with van der Waals surface area (Å²) in [6, 6.07) is 3.65. The van der Waals surface area contributed by atoms with Gasteiger partial charge in [0.25, 0.3) is 0 Å². The fourth-order valence-corrected chi connectivity index (χ4v) is 1.94. The third-order valence-corrected chi connectivity index (χ3v) is 3.27. The van der Waals surface area contributed by atoms with Crippen LogP contribution in [-0.4, -0.2) is 31.6 Å². The van der Waals surface area contributed by atoms with Gasteiger partial charge in [0.2, 0.25) is 5.91 Å². The van der Waals surface area contributed by atoms with Gasteiger partial charge in [0.1, 0.15) is 12.4 Å². The number of urea groups is 1. The maximum absolute atomic E-state index is 13.4. The summed E-state index contributed by atoms with van der Waals surface area (Å²) < 4.78 is 70.1. The lowest BCUT2D eigenvalue weighted by atomic mass is 10.2. The summed E-state index contributed by atoms with van der Waals surface area (Å²) in [7, 11) is 0. The lowest BCUT2D eigenvalue weighted by Crippen LogP contribution is -2.41. The van der Waals surface area contributed by atoms with Crippen LogP contribution < -0.4 is 20.7 Å². The number of carbonyl (C=O) groups excluding carboxylic acids is 2. The number of carbonyl (C=O) groups is 2. The topological polar surface area (TPSA) is 79.5 Å². The van der Waals surface area contributed by atoms with Gasteiger partial charge < -0.3 is 20.7 Å². The standard InChI is InChI=1S/C17H14F5N3O3/c18-10-2-1-9(7-12(10)20)28-6-5-23-17(27)24-8-14(26)25-13-4-3-11(19)15(21)16(13)22/h1-4,7H,5-6,8H2,(H,25,26)(H2,23,24,27). The van der Waals surface area contributed by atoms with Crippen LogP contribution in [0.5, 0.6) is 5.75 Å². The molecule has 0 aliphatic carbocycles. The van der Waals surface area contributed by atoms with Gasteiger partial charge in [0.15, 0.2) is 29.1 Å². The van der Waals surface area contributed by atoms with Crippen LogP contribution in [0.3, 0.4) is 0 Å². The Morgan fingerprint density at radius 1 is 0.857 bits per heavy atom. The normalized spacial score (nSPS) is 10.3. The zero-order valence-electron chi connectivity index (χ0n) is 14.1. The van der Waals surface area contributed by atoms with E-state index in [-0.39, 0.29) is 18.9 Å². The van der Waals surface area contributed by atoms with Crippen molar-refractivity contribution in [1.29, 1.82) is 0 Å². The fourth-order valence-electron chi connectivity index (χ4n) is 1.94. The van der Waals surface area contributed by atoms with Crippen LogP contribution in [-0.2, 0) is 4.79 Å². The molecule has 0 unspecified atom stereocenters. The van der Waals surface area contributed by atoms with Crippen molar-refractivity contribution >= 4 is 17.6 Å². The van der Waals surface area contributed by atoms with Gasteiger partial charge in [-0.15, -0.1) is 0 Å². The lowest BCUT2D eigenvalue weighted by molar-refractivity contribution is -0.115. The summed E-state index contributed by atoms with van der Waals surface area (Å²) in [5, 5.41) is 6.44. The Morgan fingerprint density at radius 2 is 1.57 bits per heavy atom. The molecule has 0 saturated carbocycles. The van der Waals surface area contributed by atoms with E-state index in [4.69, 9.17) is 4.74 Å². The van der Waals surface area contributed by atoms with Crippen molar-refractivity contribution < 1.29 is 36.3 Å². The first-order valence-electron chi connectivity index (χ1n) is 7.81. The van der Waals surface area contributed by atoms with Gasteiger partial charge >= 0.3 is 6.03 Å². The molecule has 0 bridgehead atoms. The van der Waals surface area contributed by atoms with Crippen molar-refractivity contribution in [3.05, 3.63) is 59.4 Å². The monoisotopic (exact) mass is 403 g/mol. The van der Waals surface area contributed by atoms with E-state index in [1.54, 1.807) is 0 Å². The summed E-state index contributed by atoms with van der Waals surface area (Å²) in [5.41, 5.74) is -0.578. The zero-order chi connectivity index (χ0) is 20.7. The maximum atomic E-state index is 13.4. The Bertz CT molecular complexity index is 879. The molecule has 0 heterocycles. The minimum Gasteiger partial charge on any atom is -0.492 e. The summed E-state index contributed by atoms with van der Waals surface area (Å²) >= 11 is 0. The van der Waals surface area contributed by atoms with Crippen LogP contribution in [0.1, 0.15) is 0 Å². The highest BCUT2D eigenvalue weighted by molar-refractivity contribution is 5.94. The van der Waals surface area contributed by atoms with Gasteiger partial charge in [-0.2, -0.15) is 0 Å². The molecule has 28 heavy (non-hydrogen) atoms. The number of hydrogen-bond acceptors (Lipinski definition) is 3. The molecule has 0 atom stereocenters. The van der Waals surface area contributed by atoms with Gasteiger partial charge in [-0.05, 0) is 24.3 Å². The minimum atomic E-state index is -1.73. The number of ether oxygens (including phenoxy) is 1. The second kappa shape index (κ2) is 9.53. The highest BCUT2D eigenvalue weighted by Crippen LogP contribution is 2.19. The van der Waals surface area contributed by atoms with Crippen LogP contribution >= 0.6 is 0 Å².